The van der Waals surface area contributed by atoms with Gasteiger partial charge in [-0.2, -0.15) is 0 Å². The van der Waals surface area contributed by atoms with Crippen molar-refractivity contribution < 1.29 is 14.7 Å². The lowest BCUT2D eigenvalue weighted by Crippen LogP contribution is -2.33. The van der Waals surface area contributed by atoms with E-state index < -0.39 is 5.97 Å². The lowest BCUT2D eigenvalue weighted by atomic mass is 10.1. The second-order valence-electron chi connectivity index (χ2n) is 3.94. The fraction of sp³-hybridized carbons (Fsp3) is 0.385. The van der Waals surface area contributed by atoms with Crippen molar-refractivity contribution in [3.63, 3.8) is 0 Å². The van der Waals surface area contributed by atoms with Gasteiger partial charge >= 0.3 is 5.97 Å². The van der Waals surface area contributed by atoms with Crippen LogP contribution in [0.15, 0.2) is 18.2 Å². The molecule has 0 saturated heterocycles. The number of hydrogen-bond donors (Lipinski definition) is 1. The number of aliphatic carboxylic acids is 1. The molecule has 0 unspecified atom stereocenters. The van der Waals surface area contributed by atoms with Crippen LogP contribution in [0.1, 0.15) is 29.3 Å². The average molecular weight is 361 g/mol. The van der Waals surface area contributed by atoms with Crippen molar-refractivity contribution in [3.8, 4) is 0 Å². The van der Waals surface area contributed by atoms with Gasteiger partial charge in [0.1, 0.15) is 0 Å². The number of carbonyl (C=O) groups is 2. The second-order valence-corrected chi connectivity index (χ2v) is 5.10. The van der Waals surface area contributed by atoms with Crippen LogP contribution in [0.2, 0.25) is 0 Å². The van der Waals surface area contributed by atoms with Gasteiger partial charge in [-0.1, -0.05) is 6.07 Å². The third-order valence-corrected chi connectivity index (χ3v) is 3.93. The van der Waals surface area contributed by atoms with Gasteiger partial charge in [0.25, 0.3) is 5.91 Å². The van der Waals surface area contributed by atoms with Gasteiger partial charge in [-0.05, 0) is 54.1 Å². The molecule has 1 aromatic carbocycles. The van der Waals surface area contributed by atoms with Gasteiger partial charge in [-0.25, -0.2) is 0 Å². The molecule has 5 heteroatoms. The van der Waals surface area contributed by atoms with E-state index in [0.29, 0.717) is 12.1 Å². The molecule has 0 aromatic heterocycles. The third kappa shape index (κ3) is 3.69. The molecular weight excluding hydrogens is 345 g/mol. The first kappa shape index (κ1) is 14.9. The van der Waals surface area contributed by atoms with Crippen LogP contribution in [0.5, 0.6) is 0 Å². The molecule has 0 aliphatic rings. The van der Waals surface area contributed by atoms with Crippen LogP contribution in [-0.2, 0) is 4.79 Å². The minimum Gasteiger partial charge on any atom is -0.481 e. The molecule has 0 spiro atoms. The predicted octanol–water partition coefficient (Wildman–Crippen LogP) is 2.54. The van der Waals surface area contributed by atoms with Crippen LogP contribution in [0.25, 0.3) is 0 Å². The van der Waals surface area contributed by atoms with E-state index in [9.17, 15) is 9.59 Å². The van der Waals surface area contributed by atoms with Crippen molar-refractivity contribution in [3.05, 3.63) is 32.9 Å². The SMILES string of the molecule is CCN(CCC(=O)O)C(=O)c1cccc(I)c1C. The average Bonchev–Trinajstić information content (AvgIpc) is 2.32. The summed E-state index contributed by atoms with van der Waals surface area (Å²) in [4.78, 5) is 24.4. The van der Waals surface area contributed by atoms with Gasteiger partial charge in [-0.15, -0.1) is 0 Å². The van der Waals surface area contributed by atoms with Crippen LogP contribution >= 0.6 is 22.6 Å². The number of halogens is 1. The van der Waals surface area contributed by atoms with E-state index in [-0.39, 0.29) is 18.9 Å². The number of nitrogens with zero attached hydrogens (tertiary/aromatic N) is 1. The lowest BCUT2D eigenvalue weighted by molar-refractivity contribution is -0.137. The Hall–Kier alpha value is -1.11. The predicted molar refractivity (Wildman–Crippen MR) is 77.7 cm³/mol. The highest BCUT2D eigenvalue weighted by atomic mass is 127. The molecule has 0 heterocycles. The number of carboxylic acid groups (broad SMARTS) is 1. The van der Waals surface area contributed by atoms with Crippen LogP contribution in [0, 0.1) is 10.5 Å². The maximum Gasteiger partial charge on any atom is 0.305 e. The Bertz CT molecular complexity index is 460. The summed E-state index contributed by atoms with van der Waals surface area (Å²) in [5, 5.41) is 8.67. The molecule has 0 aliphatic carbocycles. The zero-order valence-electron chi connectivity index (χ0n) is 10.4. The summed E-state index contributed by atoms with van der Waals surface area (Å²) in [5.41, 5.74) is 1.59. The van der Waals surface area contributed by atoms with E-state index >= 15 is 0 Å². The van der Waals surface area contributed by atoms with Gasteiger partial charge in [0, 0.05) is 22.2 Å². The van der Waals surface area contributed by atoms with E-state index in [1.807, 2.05) is 26.0 Å². The molecule has 18 heavy (non-hydrogen) atoms. The van der Waals surface area contributed by atoms with Crippen LogP contribution in [-0.4, -0.2) is 35.0 Å². The second kappa shape index (κ2) is 6.72. The van der Waals surface area contributed by atoms with Gasteiger partial charge in [-0.3, -0.25) is 9.59 Å². The van der Waals surface area contributed by atoms with E-state index in [0.717, 1.165) is 9.13 Å². The molecule has 1 aromatic rings. The Labute approximate surface area is 120 Å². The molecule has 0 bridgehead atoms. The largest absolute Gasteiger partial charge is 0.481 e. The van der Waals surface area contributed by atoms with E-state index in [4.69, 9.17) is 5.11 Å². The molecule has 0 saturated carbocycles. The maximum atomic E-state index is 12.3. The molecule has 4 nitrogen and oxygen atoms in total. The standard InChI is InChI=1S/C13H16INO3/c1-3-15(8-7-12(16)17)13(18)10-5-4-6-11(14)9(10)2/h4-6H,3,7-8H2,1-2H3,(H,16,17). The van der Waals surface area contributed by atoms with Crippen molar-refractivity contribution >= 4 is 34.5 Å². The molecule has 0 radical (unpaired) electrons. The normalized spacial score (nSPS) is 10.2. The van der Waals surface area contributed by atoms with Crippen molar-refractivity contribution in [2.75, 3.05) is 13.1 Å². The zero-order valence-corrected chi connectivity index (χ0v) is 12.6. The molecular formula is C13H16INO3. The summed E-state index contributed by atoms with van der Waals surface area (Å²) in [6, 6.07) is 5.57. The molecule has 0 fully saturated rings. The summed E-state index contributed by atoms with van der Waals surface area (Å²) in [5.74, 6) is -0.990. The number of carboxylic acids is 1. The molecule has 0 atom stereocenters. The first-order valence-electron chi connectivity index (χ1n) is 5.73. The van der Waals surface area contributed by atoms with Gasteiger partial charge in [0.05, 0.1) is 6.42 Å². The first-order valence-corrected chi connectivity index (χ1v) is 6.81. The highest BCUT2D eigenvalue weighted by Gasteiger charge is 2.17. The lowest BCUT2D eigenvalue weighted by Gasteiger charge is -2.21. The Morgan fingerprint density at radius 3 is 2.61 bits per heavy atom. The van der Waals surface area contributed by atoms with Crippen molar-refractivity contribution in [1.29, 1.82) is 0 Å². The number of rotatable bonds is 5. The Morgan fingerprint density at radius 2 is 2.06 bits per heavy atom. The molecule has 1 amide bonds. The minimum atomic E-state index is -0.888. The summed E-state index contributed by atoms with van der Waals surface area (Å²) in [7, 11) is 0. The van der Waals surface area contributed by atoms with Crippen molar-refractivity contribution in [2.24, 2.45) is 0 Å². The summed E-state index contributed by atoms with van der Waals surface area (Å²) >= 11 is 2.19. The molecule has 1 N–H and O–H groups in total. The number of amides is 1. The Morgan fingerprint density at radius 1 is 1.39 bits per heavy atom. The monoisotopic (exact) mass is 361 g/mol. The fourth-order valence-corrected chi connectivity index (χ4v) is 2.14. The topological polar surface area (TPSA) is 57.6 Å². The Kier molecular flexibility index (Phi) is 5.58. The van der Waals surface area contributed by atoms with E-state index in [1.54, 1.807) is 11.0 Å². The highest BCUT2D eigenvalue weighted by Crippen LogP contribution is 2.17. The maximum absolute atomic E-state index is 12.3. The van der Waals surface area contributed by atoms with E-state index in [2.05, 4.69) is 22.6 Å². The van der Waals surface area contributed by atoms with Crippen LogP contribution in [0.4, 0.5) is 0 Å². The zero-order chi connectivity index (χ0) is 13.7. The fourth-order valence-electron chi connectivity index (χ4n) is 1.64. The first-order chi connectivity index (χ1) is 8.47. The number of hydrogen-bond acceptors (Lipinski definition) is 2. The summed E-state index contributed by atoms with van der Waals surface area (Å²) < 4.78 is 1.03. The number of benzene rings is 1. The summed E-state index contributed by atoms with van der Waals surface area (Å²) in [6.07, 6.45) is -0.0252. The van der Waals surface area contributed by atoms with Crippen molar-refractivity contribution in [2.45, 2.75) is 20.3 Å². The molecule has 1 rings (SSSR count). The smallest absolute Gasteiger partial charge is 0.305 e. The highest BCUT2D eigenvalue weighted by molar-refractivity contribution is 14.1. The molecule has 98 valence electrons. The van der Waals surface area contributed by atoms with E-state index in [1.165, 1.54) is 0 Å². The quantitative estimate of drug-likeness (QED) is 0.820. The number of carbonyl (C=O) groups excluding carboxylic acids is 1. The van der Waals surface area contributed by atoms with Crippen LogP contribution < -0.4 is 0 Å². The minimum absolute atomic E-state index is 0.0252. The van der Waals surface area contributed by atoms with Gasteiger partial charge in [0.15, 0.2) is 0 Å². The molecule has 0 aliphatic heterocycles. The third-order valence-electron chi connectivity index (χ3n) is 2.76. The van der Waals surface area contributed by atoms with Crippen molar-refractivity contribution in [1.82, 2.24) is 4.90 Å². The van der Waals surface area contributed by atoms with Crippen LogP contribution in [0.3, 0.4) is 0 Å². The van der Waals surface area contributed by atoms with Gasteiger partial charge < -0.3 is 10.0 Å². The Balaban J connectivity index is 2.89. The van der Waals surface area contributed by atoms with Gasteiger partial charge in [0.2, 0.25) is 0 Å². The summed E-state index contributed by atoms with van der Waals surface area (Å²) in [6.45, 7) is 4.51.